The third kappa shape index (κ3) is 1.94. The first kappa shape index (κ1) is 9.22. The summed E-state index contributed by atoms with van der Waals surface area (Å²) in [4.78, 5) is 0. The van der Waals surface area contributed by atoms with Crippen molar-refractivity contribution >= 4 is 0 Å². The highest BCUT2D eigenvalue weighted by Crippen LogP contribution is 2.33. The van der Waals surface area contributed by atoms with Crippen LogP contribution in [0.2, 0.25) is 0 Å². The maximum atomic E-state index is 6.05. The van der Waals surface area contributed by atoms with Crippen LogP contribution in [0.5, 0.6) is 0 Å². The fourth-order valence-electron chi connectivity index (χ4n) is 2.44. The predicted molar refractivity (Wildman–Crippen MR) is 53.5 cm³/mol. The summed E-state index contributed by atoms with van der Waals surface area (Å²) in [6.45, 7) is 4.76. The molecule has 1 atom stereocenters. The summed E-state index contributed by atoms with van der Waals surface area (Å²) in [5, 5.41) is 3.54. The molecule has 13 heavy (non-hydrogen) atoms. The van der Waals surface area contributed by atoms with Crippen LogP contribution < -0.4 is 5.32 Å². The van der Waals surface area contributed by atoms with Gasteiger partial charge in [-0.2, -0.15) is 0 Å². The first-order chi connectivity index (χ1) is 6.35. The molecule has 1 heterocycles. The largest absolute Gasteiger partial charge is 0.356 e. The van der Waals surface area contributed by atoms with Crippen LogP contribution in [0.3, 0.4) is 0 Å². The van der Waals surface area contributed by atoms with E-state index in [4.69, 9.17) is 4.74 Å². The van der Waals surface area contributed by atoms with Gasteiger partial charge in [0.25, 0.3) is 0 Å². The van der Waals surface area contributed by atoms with E-state index in [1.807, 2.05) is 6.08 Å². The standard InChI is InChI=1S/C11H19NO/c1-2-6-10-9-12-11(13-10)7-4-3-5-8-11/h2,10,12H,1,3-9H2. The predicted octanol–water partition coefficient (Wildman–Crippen LogP) is 2.21. The highest BCUT2D eigenvalue weighted by molar-refractivity contribution is 4.91. The fraction of sp³-hybridized carbons (Fsp3) is 0.818. The third-order valence-corrected chi connectivity index (χ3v) is 3.13. The number of hydrogen-bond acceptors (Lipinski definition) is 2. The average molecular weight is 181 g/mol. The van der Waals surface area contributed by atoms with Gasteiger partial charge in [0.2, 0.25) is 0 Å². The second-order valence-corrected chi connectivity index (χ2v) is 4.20. The lowest BCUT2D eigenvalue weighted by atomic mass is 9.92. The Balaban J connectivity index is 1.90. The molecular weight excluding hydrogens is 162 g/mol. The summed E-state index contributed by atoms with van der Waals surface area (Å²) < 4.78 is 6.05. The van der Waals surface area contributed by atoms with Gasteiger partial charge in [-0.3, -0.25) is 5.32 Å². The molecule has 0 amide bonds. The summed E-state index contributed by atoms with van der Waals surface area (Å²) >= 11 is 0. The van der Waals surface area contributed by atoms with Gasteiger partial charge in [-0.15, -0.1) is 6.58 Å². The fourth-order valence-corrected chi connectivity index (χ4v) is 2.44. The van der Waals surface area contributed by atoms with Gasteiger partial charge in [0, 0.05) is 6.54 Å². The van der Waals surface area contributed by atoms with Crippen LogP contribution in [0.15, 0.2) is 12.7 Å². The van der Waals surface area contributed by atoms with Gasteiger partial charge in [0.1, 0.15) is 5.72 Å². The lowest BCUT2D eigenvalue weighted by molar-refractivity contribution is -0.0719. The third-order valence-electron chi connectivity index (χ3n) is 3.13. The molecule has 2 fully saturated rings. The lowest BCUT2D eigenvalue weighted by Gasteiger charge is -2.33. The van der Waals surface area contributed by atoms with E-state index in [-0.39, 0.29) is 5.72 Å². The molecule has 2 aliphatic rings. The van der Waals surface area contributed by atoms with Gasteiger partial charge in [-0.05, 0) is 32.1 Å². The Labute approximate surface area is 80.4 Å². The highest BCUT2D eigenvalue weighted by Gasteiger charge is 2.39. The Morgan fingerprint density at radius 2 is 2.15 bits per heavy atom. The monoisotopic (exact) mass is 181 g/mol. The van der Waals surface area contributed by atoms with Crippen molar-refractivity contribution in [2.24, 2.45) is 0 Å². The topological polar surface area (TPSA) is 21.3 Å². The van der Waals surface area contributed by atoms with Crippen molar-refractivity contribution < 1.29 is 4.74 Å². The Morgan fingerprint density at radius 1 is 1.38 bits per heavy atom. The zero-order valence-electron chi connectivity index (χ0n) is 8.22. The zero-order chi connectivity index (χ0) is 9.15. The minimum atomic E-state index is 0.0475. The molecule has 1 unspecified atom stereocenters. The van der Waals surface area contributed by atoms with Gasteiger partial charge in [-0.25, -0.2) is 0 Å². The smallest absolute Gasteiger partial charge is 0.119 e. The Morgan fingerprint density at radius 3 is 2.85 bits per heavy atom. The van der Waals surface area contributed by atoms with Crippen molar-refractivity contribution in [2.45, 2.75) is 50.4 Å². The van der Waals surface area contributed by atoms with E-state index in [1.165, 1.54) is 32.1 Å². The first-order valence-corrected chi connectivity index (χ1v) is 5.38. The maximum absolute atomic E-state index is 6.05. The van der Waals surface area contributed by atoms with E-state index < -0.39 is 0 Å². The van der Waals surface area contributed by atoms with Crippen LogP contribution in [-0.4, -0.2) is 18.4 Å². The Hall–Kier alpha value is -0.340. The first-order valence-electron chi connectivity index (χ1n) is 5.38. The molecule has 1 aliphatic heterocycles. The summed E-state index contributed by atoms with van der Waals surface area (Å²) in [5.74, 6) is 0. The maximum Gasteiger partial charge on any atom is 0.119 e. The van der Waals surface area contributed by atoms with Crippen molar-refractivity contribution in [3.8, 4) is 0 Å². The van der Waals surface area contributed by atoms with Crippen LogP contribution in [0, 0.1) is 0 Å². The molecule has 2 rings (SSSR count). The van der Waals surface area contributed by atoms with Crippen LogP contribution in [0.4, 0.5) is 0 Å². The molecule has 0 aromatic carbocycles. The van der Waals surface area contributed by atoms with Crippen LogP contribution in [0.1, 0.15) is 38.5 Å². The molecule has 1 saturated heterocycles. The average Bonchev–Trinajstić information content (AvgIpc) is 2.51. The molecule has 1 aliphatic carbocycles. The number of hydrogen-bond donors (Lipinski definition) is 1. The summed E-state index contributed by atoms with van der Waals surface area (Å²) in [5.41, 5.74) is 0.0475. The van der Waals surface area contributed by atoms with E-state index in [1.54, 1.807) is 0 Å². The molecule has 0 aromatic heterocycles. The van der Waals surface area contributed by atoms with E-state index in [0.717, 1.165) is 13.0 Å². The SMILES string of the molecule is C=CCC1CNC2(CCCCC2)O1. The van der Waals surface area contributed by atoms with Gasteiger partial charge >= 0.3 is 0 Å². The second-order valence-electron chi connectivity index (χ2n) is 4.20. The summed E-state index contributed by atoms with van der Waals surface area (Å²) in [7, 11) is 0. The van der Waals surface area contributed by atoms with Crippen LogP contribution in [0.25, 0.3) is 0 Å². The molecular formula is C11H19NO. The minimum absolute atomic E-state index is 0.0475. The van der Waals surface area contributed by atoms with E-state index in [9.17, 15) is 0 Å². The van der Waals surface area contributed by atoms with Gasteiger partial charge in [0.05, 0.1) is 6.10 Å². The van der Waals surface area contributed by atoms with Crippen LogP contribution >= 0.6 is 0 Å². The van der Waals surface area contributed by atoms with Gasteiger partial charge in [-0.1, -0.05) is 12.5 Å². The number of rotatable bonds is 2. The minimum Gasteiger partial charge on any atom is -0.356 e. The molecule has 2 heteroatoms. The molecule has 2 nitrogen and oxygen atoms in total. The Kier molecular flexibility index (Phi) is 2.70. The van der Waals surface area contributed by atoms with Crippen LogP contribution in [-0.2, 0) is 4.74 Å². The van der Waals surface area contributed by atoms with Crippen molar-refractivity contribution in [3.63, 3.8) is 0 Å². The molecule has 0 bridgehead atoms. The molecule has 1 N–H and O–H groups in total. The summed E-state index contributed by atoms with van der Waals surface area (Å²) in [6, 6.07) is 0. The van der Waals surface area contributed by atoms with Crippen molar-refractivity contribution in [3.05, 3.63) is 12.7 Å². The van der Waals surface area contributed by atoms with Gasteiger partial charge < -0.3 is 4.74 Å². The number of nitrogens with one attached hydrogen (secondary N) is 1. The van der Waals surface area contributed by atoms with E-state index >= 15 is 0 Å². The van der Waals surface area contributed by atoms with E-state index in [0.29, 0.717) is 6.10 Å². The number of ether oxygens (including phenoxy) is 1. The van der Waals surface area contributed by atoms with E-state index in [2.05, 4.69) is 11.9 Å². The summed E-state index contributed by atoms with van der Waals surface area (Å²) in [6.07, 6.45) is 9.70. The van der Waals surface area contributed by atoms with Crippen molar-refractivity contribution in [2.75, 3.05) is 6.54 Å². The molecule has 74 valence electrons. The lowest BCUT2D eigenvalue weighted by Crippen LogP contribution is -2.42. The second kappa shape index (κ2) is 3.81. The molecule has 0 radical (unpaired) electrons. The zero-order valence-corrected chi connectivity index (χ0v) is 8.22. The van der Waals surface area contributed by atoms with Crippen molar-refractivity contribution in [1.29, 1.82) is 0 Å². The van der Waals surface area contributed by atoms with Gasteiger partial charge in [0.15, 0.2) is 0 Å². The normalized spacial score (nSPS) is 32.2. The molecule has 1 saturated carbocycles. The molecule has 1 spiro atoms. The Bertz CT molecular complexity index is 185. The molecule has 0 aromatic rings. The van der Waals surface area contributed by atoms with Crippen molar-refractivity contribution in [1.82, 2.24) is 5.32 Å². The quantitative estimate of drug-likeness (QED) is 0.659. The highest BCUT2D eigenvalue weighted by atomic mass is 16.5.